The molecule has 10 aromatic rings. The van der Waals surface area contributed by atoms with Gasteiger partial charge in [-0.2, -0.15) is 0 Å². The molecular weight excluding hydrogens is 593 g/mol. The fraction of sp³-hybridized carbons (Fsp3) is 0. The maximum absolute atomic E-state index is 9.36. The third-order valence-corrected chi connectivity index (χ3v) is 9.19. The topological polar surface area (TPSA) is 13.1 Å². The molecule has 10 rings (SSSR count). The van der Waals surface area contributed by atoms with Gasteiger partial charge in [-0.15, -0.1) is 0 Å². The molecule has 0 aliphatic heterocycles. The molecular formula is C48H30O. The van der Waals surface area contributed by atoms with E-state index in [0.29, 0.717) is 22.3 Å². The van der Waals surface area contributed by atoms with E-state index < -0.39 is 84.1 Å². The monoisotopic (exact) mass is 635 g/mol. The summed E-state index contributed by atoms with van der Waals surface area (Å²) in [7, 11) is 0. The van der Waals surface area contributed by atoms with Crippen LogP contribution in [0.1, 0.15) is 17.8 Å². The molecule has 0 saturated carbocycles. The zero-order chi connectivity index (χ0) is 43.6. The lowest BCUT2D eigenvalue weighted by Crippen LogP contribution is -1.91. The van der Waals surface area contributed by atoms with Crippen LogP contribution in [0, 0.1) is 0 Å². The standard InChI is InChI=1S/C48H30O/c1-2-15-32(16-3-1)45-39-21-6-8-23-41(39)46(42-24-9-7-22-40(42)45)34-19-10-18-33(30-34)36-25-12-28-43-47(36)48-38(27-13-29-44(48)49-43)37-26-11-17-31-14-4-5-20-35(31)37/h1-30H/i1D,2D,3D,6D,7D,8D,9D,15D,16D,21D,22D,23D,24D. The predicted molar refractivity (Wildman–Crippen MR) is 208 cm³/mol. The van der Waals surface area contributed by atoms with Gasteiger partial charge in [-0.3, -0.25) is 0 Å². The summed E-state index contributed by atoms with van der Waals surface area (Å²) < 4.78 is 122. The molecule has 0 radical (unpaired) electrons. The van der Waals surface area contributed by atoms with Gasteiger partial charge in [0.05, 0.1) is 17.8 Å². The van der Waals surface area contributed by atoms with Crippen molar-refractivity contribution < 1.29 is 22.2 Å². The molecule has 228 valence electrons. The summed E-state index contributed by atoms with van der Waals surface area (Å²) >= 11 is 0. The smallest absolute Gasteiger partial charge is 0.136 e. The molecule has 0 N–H and O–H groups in total. The average Bonchev–Trinajstić information content (AvgIpc) is 3.68. The maximum Gasteiger partial charge on any atom is 0.136 e. The summed E-state index contributed by atoms with van der Waals surface area (Å²) in [5.74, 6) is 0. The van der Waals surface area contributed by atoms with Crippen LogP contribution in [0.25, 0.3) is 98.8 Å². The van der Waals surface area contributed by atoms with E-state index in [1.165, 1.54) is 0 Å². The van der Waals surface area contributed by atoms with Crippen LogP contribution < -0.4 is 0 Å². The molecule has 1 aromatic heterocycles. The van der Waals surface area contributed by atoms with Gasteiger partial charge in [-0.05, 0) is 95.0 Å². The molecule has 0 aliphatic rings. The third kappa shape index (κ3) is 4.33. The Morgan fingerprint density at radius 3 is 1.59 bits per heavy atom. The van der Waals surface area contributed by atoms with E-state index >= 15 is 0 Å². The van der Waals surface area contributed by atoms with E-state index in [9.17, 15) is 5.48 Å². The summed E-state index contributed by atoms with van der Waals surface area (Å²) in [5.41, 5.74) is 4.33. The Morgan fingerprint density at radius 2 is 0.878 bits per heavy atom. The Kier molecular flexibility index (Phi) is 3.99. The van der Waals surface area contributed by atoms with Crippen LogP contribution >= 0.6 is 0 Å². The van der Waals surface area contributed by atoms with Crippen LogP contribution in [0.4, 0.5) is 0 Å². The highest BCUT2D eigenvalue weighted by Crippen LogP contribution is 2.46. The van der Waals surface area contributed by atoms with Crippen LogP contribution in [-0.2, 0) is 0 Å². The van der Waals surface area contributed by atoms with E-state index in [1.807, 2.05) is 54.6 Å². The van der Waals surface area contributed by atoms with Crippen molar-refractivity contribution in [2.45, 2.75) is 0 Å². The van der Waals surface area contributed by atoms with Crippen LogP contribution in [0.5, 0.6) is 0 Å². The summed E-state index contributed by atoms with van der Waals surface area (Å²) in [6.07, 6.45) is 0. The highest BCUT2D eigenvalue weighted by Gasteiger charge is 2.20. The molecule has 1 nitrogen and oxygen atoms in total. The summed E-state index contributed by atoms with van der Waals surface area (Å²) in [6.45, 7) is 0. The Bertz CT molecular complexity index is 3510. The van der Waals surface area contributed by atoms with Crippen LogP contribution in [0.2, 0.25) is 0 Å². The first-order valence-electron chi connectivity index (χ1n) is 22.3. The van der Waals surface area contributed by atoms with Gasteiger partial charge >= 0.3 is 0 Å². The second kappa shape index (κ2) is 11.1. The molecule has 1 heterocycles. The lowest BCUT2D eigenvalue weighted by atomic mass is 9.85. The average molecular weight is 636 g/mol. The van der Waals surface area contributed by atoms with Crippen molar-refractivity contribution in [1.82, 2.24) is 0 Å². The van der Waals surface area contributed by atoms with Gasteiger partial charge in [-0.1, -0.05) is 163 Å². The SMILES string of the molecule is [2H]c1c([2H])c([2H])c(-c2c3c([2H])c([2H])c([2H])c([2H])c3c(-c3cccc(-c4cccc5oc6cccc(-c7cccc8ccccc78)c6c45)c3)c3c([2H])c([2H])c([2H])c([2H])c23)c([2H])c1[2H]. The first kappa shape index (κ1) is 17.6. The van der Waals surface area contributed by atoms with E-state index in [0.717, 1.165) is 38.2 Å². The summed E-state index contributed by atoms with van der Waals surface area (Å²) in [6, 6.07) is 24.7. The van der Waals surface area contributed by atoms with E-state index in [-0.39, 0.29) is 32.7 Å². The van der Waals surface area contributed by atoms with E-state index in [1.54, 1.807) is 18.2 Å². The quantitative estimate of drug-likeness (QED) is 0.175. The molecule has 1 heteroatoms. The maximum atomic E-state index is 9.36. The van der Waals surface area contributed by atoms with Crippen molar-refractivity contribution in [3.05, 3.63) is 182 Å². The van der Waals surface area contributed by atoms with E-state index in [4.69, 9.17) is 16.8 Å². The van der Waals surface area contributed by atoms with Crippen molar-refractivity contribution in [2.75, 3.05) is 0 Å². The normalized spacial score (nSPS) is 15.4. The zero-order valence-electron chi connectivity index (χ0n) is 38.7. The minimum absolute atomic E-state index is 0.0626. The van der Waals surface area contributed by atoms with Gasteiger partial charge in [0.25, 0.3) is 0 Å². The molecule has 49 heavy (non-hydrogen) atoms. The van der Waals surface area contributed by atoms with Crippen LogP contribution in [-0.4, -0.2) is 0 Å². The summed E-state index contributed by atoms with van der Waals surface area (Å²) in [4.78, 5) is 0. The van der Waals surface area contributed by atoms with Gasteiger partial charge in [0.2, 0.25) is 0 Å². The molecule has 0 bridgehead atoms. The number of hydrogen-bond acceptors (Lipinski definition) is 1. The first-order chi connectivity index (χ1) is 29.7. The number of rotatable bonds is 4. The number of benzene rings is 9. The molecule has 0 spiro atoms. The second-order valence-electron chi connectivity index (χ2n) is 11.8. The molecule has 0 amide bonds. The van der Waals surface area contributed by atoms with Crippen LogP contribution in [0.15, 0.2) is 186 Å². The van der Waals surface area contributed by atoms with E-state index in [2.05, 4.69) is 30.3 Å². The van der Waals surface area contributed by atoms with Gasteiger partial charge in [-0.25, -0.2) is 0 Å². The summed E-state index contributed by atoms with van der Waals surface area (Å²) in [5, 5.41) is 3.05. The number of fused-ring (bicyclic) bond motifs is 6. The van der Waals surface area contributed by atoms with Crippen molar-refractivity contribution in [3.63, 3.8) is 0 Å². The van der Waals surface area contributed by atoms with Crippen molar-refractivity contribution in [1.29, 1.82) is 0 Å². The Labute approximate surface area is 302 Å². The first-order valence-corrected chi connectivity index (χ1v) is 15.8. The highest BCUT2D eigenvalue weighted by molar-refractivity contribution is 6.22. The lowest BCUT2D eigenvalue weighted by Gasteiger charge is -2.18. The number of furan rings is 1. The van der Waals surface area contributed by atoms with Gasteiger partial charge in [0.15, 0.2) is 0 Å². The third-order valence-electron chi connectivity index (χ3n) is 9.19. The molecule has 0 fully saturated rings. The fourth-order valence-corrected chi connectivity index (χ4v) is 7.17. The zero-order valence-corrected chi connectivity index (χ0v) is 25.7. The predicted octanol–water partition coefficient (Wildman–Crippen LogP) is 13.7. The Balaban J connectivity index is 1.35. The van der Waals surface area contributed by atoms with Gasteiger partial charge < -0.3 is 4.42 Å². The lowest BCUT2D eigenvalue weighted by molar-refractivity contribution is 0.669. The minimum Gasteiger partial charge on any atom is -0.456 e. The fourth-order valence-electron chi connectivity index (χ4n) is 7.17. The van der Waals surface area contributed by atoms with Crippen LogP contribution in [0.3, 0.4) is 0 Å². The Morgan fingerprint density at radius 1 is 0.367 bits per heavy atom. The number of hydrogen-bond donors (Lipinski definition) is 0. The minimum atomic E-state index is -0.717. The van der Waals surface area contributed by atoms with Gasteiger partial charge in [0, 0.05) is 10.8 Å². The molecule has 0 atom stereocenters. The molecule has 0 aliphatic carbocycles. The largest absolute Gasteiger partial charge is 0.456 e. The Hall–Kier alpha value is -6.44. The van der Waals surface area contributed by atoms with Crippen molar-refractivity contribution in [3.8, 4) is 44.5 Å². The highest BCUT2D eigenvalue weighted by atomic mass is 16.3. The van der Waals surface area contributed by atoms with Gasteiger partial charge in [0.1, 0.15) is 11.2 Å². The van der Waals surface area contributed by atoms with Crippen molar-refractivity contribution in [2.24, 2.45) is 0 Å². The molecule has 0 saturated heterocycles. The molecule has 0 unspecified atom stereocenters. The second-order valence-corrected chi connectivity index (χ2v) is 11.8. The van der Waals surface area contributed by atoms with Crippen molar-refractivity contribution >= 4 is 54.3 Å². The molecule has 9 aromatic carbocycles.